The molecule has 4 rings (SSSR count). The fourth-order valence-electron chi connectivity index (χ4n) is 3.88. The predicted molar refractivity (Wildman–Crippen MR) is 131 cm³/mol. The molecule has 7 nitrogen and oxygen atoms in total. The van der Waals surface area contributed by atoms with Crippen molar-refractivity contribution in [1.29, 1.82) is 0 Å². The van der Waals surface area contributed by atoms with Gasteiger partial charge in [0.25, 0.3) is 0 Å². The molecule has 0 saturated carbocycles. The zero-order chi connectivity index (χ0) is 23.4. The molecule has 33 heavy (non-hydrogen) atoms. The molecular weight excluding hydrogens is 456 g/mol. The van der Waals surface area contributed by atoms with E-state index >= 15 is 0 Å². The SMILES string of the molecule is CCOC(=O)c1c(NC(=O)[C@@H](C)Sc2nnc(Cc3ccccc3)n2C)sc2c1CCCC2. The zero-order valence-electron chi connectivity index (χ0n) is 19.1. The highest BCUT2D eigenvalue weighted by Gasteiger charge is 2.28. The lowest BCUT2D eigenvalue weighted by Gasteiger charge is -2.13. The maximum absolute atomic E-state index is 13.0. The van der Waals surface area contributed by atoms with Gasteiger partial charge in [-0.25, -0.2) is 4.79 Å². The smallest absolute Gasteiger partial charge is 0.341 e. The molecule has 0 radical (unpaired) electrons. The summed E-state index contributed by atoms with van der Waals surface area (Å²) >= 11 is 2.86. The van der Waals surface area contributed by atoms with Crippen LogP contribution in [0, 0.1) is 0 Å². The zero-order valence-corrected chi connectivity index (χ0v) is 20.7. The Kier molecular flexibility index (Phi) is 7.49. The molecule has 2 heterocycles. The Hall–Kier alpha value is -2.65. The van der Waals surface area contributed by atoms with Crippen LogP contribution >= 0.6 is 23.1 Å². The van der Waals surface area contributed by atoms with Gasteiger partial charge in [0.1, 0.15) is 10.8 Å². The highest BCUT2D eigenvalue weighted by atomic mass is 32.2. The second-order valence-corrected chi connectivity index (χ2v) is 10.4. The molecule has 0 fully saturated rings. The Balaban J connectivity index is 1.46. The van der Waals surface area contributed by atoms with Gasteiger partial charge in [0.2, 0.25) is 5.91 Å². The highest BCUT2D eigenvalue weighted by Crippen LogP contribution is 2.39. The third-order valence-corrected chi connectivity index (χ3v) is 8.01. The van der Waals surface area contributed by atoms with Crippen molar-refractivity contribution in [3.8, 4) is 0 Å². The third-order valence-electron chi connectivity index (χ3n) is 5.67. The molecule has 1 aromatic carbocycles. The van der Waals surface area contributed by atoms with E-state index in [1.54, 1.807) is 6.92 Å². The summed E-state index contributed by atoms with van der Waals surface area (Å²) in [5, 5.41) is 12.5. The number of ether oxygens (including phenoxy) is 1. The van der Waals surface area contributed by atoms with Crippen LogP contribution in [-0.4, -0.2) is 38.5 Å². The van der Waals surface area contributed by atoms with Crippen LogP contribution in [0.5, 0.6) is 0 Å². The summed E-state index contributed by atoms with van der Waals surface area (Å²) in [6.45, 7) is 3.93. The molecule has 1 amide bonds. The second-order valence-electron chi connectivity index (χ2n) is 8.01. The summed E-state index contributed by atoms with van der Waals surface area (Å²) in [4.78, 5) is 26.9. The normalized spacial score (nSPS) is 13.9. The standard InChI is InChI=1S/C24H28N4O3S2/c1-4-31-23(30)20-17-12-8-9-13-18(17)33-22(20)25-21(29)15(2)32-24-27-26-19(28(24)3)14-16-10-6-5-7-11-16/h5-7,10-11,15H,4,8-9,12-14H2,1-3H3,(H,25,29)/t15-/m1/s1. The number of rotatable bonds is 8. The molecule has 1 aliphatic rings. The van der Waals surface area contributed by atoms with Crippen LogP contribution in [0.2, 0.25) is 0 Å². The van der Waals surface area contributed by atoms with Gasteiger partial charge in [-0.15, -0.1) is 21.5 Å². The Morgan fingerprint density at radius 2 is 1.97 bits per heavy atom. The largest absolute Gasteiger partial charge is 0.462 e. The number of carbonyl (C=O) groups excluding carboxylic acids is 2. The minimum atomic E-state index is -0.411. The van der Waals surface area contributed by atoms with E-state index < -0.39 is 5.25 Å². The van der Waals surface area contributed by atoms with E-state index in [-0.39, 0.29) is 11.9 Å². The van der Waals surface area contributed by atoms with E-state index in [2.05, 4.69) is 27.6 Å². The molecule has 2 aromatic heterocycles. The molecule has 3 aromatic rings. The second kappa shape index (κ2) is 10.5. The summed E-state index contributed by atoms with van der Waals surface area (Å²) in [5.41, 5.74) is 2.73. The van der Waals surface area contributed by atoms with Crippen LogP contribution in [0.3, 0.4) is 0 Å². The van der Waals surface area contributed by atoms with Gasteiger partial charge in [-0.3, -0.25) is 4.79 Å². The quantitative estimate of drug-likeness (QED) is 0.370. The number of benzene rings is 1. The van der Waals surface area contributed by atoms with E-state index in [1.807, 2.05) is 36.7 Å². The Bertz CT molecular complexity index is 1140. The van der Waals surface area contributed by atoms with Gasteiger partial charge in [-0.2, -0.15) is 0 Å². The summed E-state index contributed by atoms with van der Waals surface area (Å²) in [7, 11) is 1.91. The van der Waals surface area contributed by atoms with Gasteiger partial charge in [0, 0.05) is 18.3 Å². The average molecular weight is 485 g/mol. The number of nitrogens with zero attached hydrogens (tertiary/aromatic N) is 3. The van der Waals surface area contributed by atoms with Crippen molar-refractivity contribution in [3.05, 3.63) is 57.7 Å². The first kappa shape index (κ1) is 23.5. The number of anilines is 1. The lowest BCUT2D eigenvalue weighted by atomic mass is 9.95. The van der Waals surface area contributed by atoms with E-state index in [0.717, 1.165) is 42.6 Å². The lowest BCUT2D eigenvalue weighted by molar-refractivity contribution is -0.115. The molecule has 1 atom stereocenters. The monoisotopic (exact) mass is 484 g/mol. The summed E-state index contributed by atoms with van der Waals surface area (Å²) in [6.07, 6.45) is 4.62. The molecule has 0 bridgehead atoms. The van der Waals surface area contributed by atoms with Crippen LogP contribution in [0.1, 0.15) is 58.9 Å². The number of esters is 1. The minimum absolute atomic E-state index is 0.170. The molecule has 1 N–H and O–H groups in total. The van der Waals surface area contributed by atoms with Gasteiger partial charge >= 0.3 is 5.97 Å². The third kappa shape index (κ3) is 5.30. The van der Waals surface area contributed by atoms with Crippen molar-refractivity contribution < 1.29 is 14.3 Å². The molecule has 174 valence electrons. The van der Waals surface area contributed by atoms with Crippen molar-refractivity contribution in [2.24, 2.45) is 7.05 Å². The van der Waals surface area contributed by atoms with Gasteiger partial charge in [0.15, 0.2) is 5.16 Å². The first-order valence-corrected chi connectivity index (χ1v) is 12.9. The Labute approximate surface area is 201 Å². The predicted octanol–water partition coefficient (Wildman–Crippen LogP) is 4.64. The van der Waals surface area contributed by atoms with Crippen molar-refractivity contribution >= 4 is 40.0 Å². The average Bonchev–Trinajstić information content (AvgIpc) is 3.34. The number of fused-ring (bicyclic) bond motifs is 1. The lowest BCUT2D eigenvalue weighted by Crippen LogP contribution is -2.23. The summed E-state index contributed by atoms with van der Waals surface area (Å²) < 4.78 is 7.21. The number of thioether (sulfide) groups is 1. The van der Waals surface area contributed by atoms with Crippen molar-refractivity contribution in [3.63, 3.8) is 0 Å². The molecule has 0 unspecified atom stereocenters. The van der Waals surface area contributed by atoms with E-state index in [4.69, 9.17) is 4.74 Å². The fraction of sp³-hybridized carbons (Fsp3) is 0.417. The summed E-state index contributed by atoms with van der Waals surface area (Å²) in [5.74, 6) is 0.315. The minimum Gasteiger partial charge on any atom is -0.462 e. The van der Waals surface area contributed by atoms with Crippen molar-refractivity contribution in [1.82, 2.24) is 14.8 Å². The number of hydrogen-bond donors (Lipinski definition) is 1. The fourth-order valence-corrected chi connectivity index (χ4v) is 5.99. The number of thiophene rings is 1. The molecule has 1 aliphatic carbocycles. The van der Waals surface area contributed by atoms with Gasteiger partial charge in [-0.05, 0) is 50.7 Å². The number of carbonyl (C=O) groups is 2. The number of aromatic nitrogens is 3. The van der Waals surface area contributed by atoms with Gasteiger partial charge in [-0.1, -0.05) is 42.1 Å². The number of hydrogen-bond acceptors (Lipinski definition) is 7. The number of aryl methyl sites for hydroxylation is 1. The number of amides is 1. The van der Waals surface area contributed by atoms with Crippen LogP contribution in [0.4, 0.5) is 5.00 Å². The van der Waals surface area contributed by atoms with Crippen LogP contribution in [0.15, 0.2) is 35.5 Å². The van der Waals surface area contributed by atoms with Crippen molar-refractivity contribution in [2.75, 3.05) is 11.9 Å². The first-order chi connectivity index (χ1) is 16.0. The maximum Gasteiger partial charge on any atom is 0.341 e. The van der Waals surface area contributed by atoms with Crippen molar-refractivity contribution in [2.45, 2.75) is 56.4 Å². The van der Waals surface area contributed by atoms with Crippen LogP contribution in [-0.2, 0) is 35.8 Å². The maximum atomic E-state index is 13.0. The van der Waals surface area contributed by atoms with Crippen LogP contribution in [0.25, 0.3) is 0 Å². The summed E-state index contributed by atoms with van der Waals surface area (Å²) in [6, 6.07) is 10.1. The van der Waals surface area contributed by atoms with E-state index in [0.29, 0.717) is 28.7 Å². The van der Waals surface area contributed by atoms with E-state index in [9.17, 15) is 9.59 Å². The molecule has 9 heteroatoms. The number of nitrogens with one attached hydrogen (secondary N) is 1. The van der Waals surface area contributed by atoms with Gasteiger partial charge in [0.05, 0.1) is 17.4 Å². The Morgan fingerprint density at radius 3 is 2.73 bits per heavy atom. The van der Waals surface area contributed by atoms with Gasteiger partial charge < -0.3 is 14.6 Å². The topological polar surface area (TPSA) is 86.1 Å². The molecule has 0 aliphatic heterocycles. The van der Waals surface area contributed by atoms with Crippen LogP contribution < -0.4 is 5.32 Å². The molecule has 0 saturated heterocycles. The molecular formula is C24H28N4O3S2. The van der Waals surface area contributed by atoms with E-state index in [1.165, 1.54) is 28.0 Å². The first-order valence-electron chi connectivity index (χ1n) is 11.2. The highest BCUT2D eigenvalue weighted by molar-refractivity contribution is 8.00. The Morgan fingerprint density at radius 1 is 1.21 bits per heavy atom. The molecule has 0 spiro atoms.